The summed E-state index contributed by atoms with van der Waals surface area (Å²) in [6.07, 6.45) is -14.1. The molecule has 6 aromatic heterocycles. The van der Waals surface area contributed by atoms with Crippen LogP contribution in [0.3, 0.4) is 0 Å². The summed E-state index contributed by atoms with van der Waals surface area (Å²) in [6.45, 7) is -3.22. The lowest BCUT2D eigenvalue weighted by Gasteiger charge is -2.26. The second-order valence-corrected chi connectivity index (χ2v) is 24.2. The fourth-order valence-corrected chi connectivity index (χ4v) is 13.7. The lowest BCUT2D eigenvalue weighted by atomic mass is 9.94. The molecule has 82 heavy (non-hydrogen) atoms. The van der Waals surface area contributed by atoms with Crippen LogP contribution in [0.4, 0.5) is 17.7 Å². The molecule has 5 unspecified atom stereocenters. The van der Waals surface area contributed by atoms with Gasteiger partial charge in [0.2, 0.25) is 30.4 Å². The molecule has 6 aromatic rings. The number of phosphoric acid groups is 4. The molecule has 3 saturated heterocycles. The predicted octanol–water partition coefficient (Wildman–Crippen LogP) is -4.30. The van der Waals surface area contributed by atoms with Crippen LogP contribution < -0.4 is 38.2 Å². The first-order valence-corrected chi connectivity index (χ1v) is 29.6. The van der Waals surface area contributed by atoms with Gasteiger partial charge < -0.3 is 81.1 Å². The van der Waals surface area contributed by atoms with Crippen molar-refractivity contribution in [2.75, 3.05) is 64.4 Å². The number of carbonyl (C=O) groups is 1. The summed E-state index contributed by atoms with van der Waals surface area (Å²) in [5, 5.41) is 35.9. The van der Waals surface area contributed by atoms with E-state index in [1.165, 1.54) is 34.2 Å². The summed E-state index contributed by atoms with van der Waals surface area (Å²) >= 11 is 0. The van der Waals surface area contributed by atoms with Gasteiger partial charge in [-0.05, 0) is 0 Å². The first-order chi connectivity index (χ1) is 38.6. The predicted molar refractivity (Wildman–Crippen MR) is 266 cm³/mol. The van der Waals surface area contributed by atoms with Gasteiger partial charge >= 0.3 is 36.9 Å². The molecule has 41 nitrogen and oxygen atoms in total. The van der Waals surface area contributed by atoms with Crippen molar-refractivity contribution in [3.05, 3.63) is 46.0 Å². The fraction of sp³-hybridized carbons (Fsp3) is 0.568. The maximum Gasteiger partial charge on any atom is 0.490 e. The van der Waals surface area contributed by atoms with E-state index in [2.05, 4.69) is 53.8 Å². The van der Waals surface area contributed by atoms with E-state index in [0.29, 0.717) is 0 Å². The van der Waals surface area contributed by atoms with Crippen LogP contribution in [-0.2, 0) is 80.5 Å². The van der Waals surface area contributed by atoms with Gasteiger partial charge in [0.15, 0.2) is 35.1 Å². The van der Waals surface area contributed by atoms with Crippen molar-refractivity contribution < 1.29 is 113 Å². The van der Waals surface area contributed by atoms with Gasteiger partial charge in [-0.2, -0.15) is 23.2 Å². The quantitative estimate of drug-likeness (QED) is 0.0155. The van der Waals surface area contributed by atoms with Crippen molar-refractivity contribution >= 4 is 88.4 Å². The molecular weight excluding hydrogens is 1190 g/mol. The van der Waals surface area contributed by atoms with E-state index in [4.69, 9.17) is 59.0 Å². The van der Waals surface area contributed by atoms with E-state index in [9.17, 15) is 67.5 Å². The number of phosphoric ester groups is 3. The van der Waals surface area contributed by atoms with Crippen LogP contribution in [0.1, 0.15) is 25.1 Å². The number of aromatic amines is 2. The number of hydrogen-bond acceptors (Lipinski definition) is 30. The number of aromatic nitrogens is 12. The molecule has 1 amide bonds. The average Bonchev–Trinajstić information content (AvgIpc) is 4.28. The highest BCUT2D eigenvalue weighted by Crippen LogP contribution is 2.68. The van der Waals surface area contributed by atoms with Gasteiger partial charge in [0, 0.05) is 33.1 Å². The molecule has 0 radical (unpaired) electrons. The molecule has 3 fully saturated rings. The number of aryl methyl sites for hydroxylation is 1. The SMILES string of the molecule is COCCNC(=O)C[C@@H]1[C@@H](COP(=O)(O)OP(=O)(O)OP(=O)(O)OC[C@H]2O[C@@H](n3cnc4c(N)ncnc43)[C@H](OC)[C@@H]2OP(=O)(O)OC[C@H]2O[C@@H](n3cnc4c(=O)[nH]c(N)nc43)[C@H](O)[C@@H]2O)OC(n2c[n+](C)c3c(=O)[nH]c(N)nc32)[C@@H]1O. The Morgan fingerprint density at radius 3 is 1.94 bits per heavy atom. The number of nitrogens with two attached hydrogens (primary N) is 3. The number of aliphatic hydroxyl groups is 3. The van der Waals surface area contributed by atoms with E-state index in [1.807, 2.05) is 0 Å². The van der Waals surface area contributed by atoms with E-state index < -0.39 is 148 Å². The maximum atomic E-state index is 13.8. The summed E-state index contributed by atoms with van der Waals surface area (Å²) in [6, 6.07) is 0. The van der Waals surface area contributed by atoms with Crippen LogP contribution in [0.25, 0.3) is 33.5 Å². The van der Waals surface area contributed by atoms with Gasteiger partial charge in [-0.25, -0.2) is 42.8 Å². The van der Waals surface area contributed by atoms with Gasteiger partial charge in [0.25, 0.3) is 16.7 Å². The van der Waals surface area contributed by atoms with Crippen molar-refractivity contribution in [2.24, 2.45) is 13.0 Å². The summed E-state index contributed by atoms with van der Waals surface area (Å²) in [5.41, 5.74) is 15.6. The highest BCUT2D eigenvalue weighted by molar-refractivity contribution is 7.66. The van der Waals surface area contributed by atoms with Crippen LogP contribution in [0.2, 0.25) is 0 Å². The zero-order valence-corrected chi connectivity index (χ0v) is 46.0. The fourth-order valence-electron chi connectivity index (χ4n) is 9.21. The van der Waals surface area contributed by atoms with Crippen molar-refractivity contribution in [3.63, 3.8) is 0 Å². The number of nitrogen functional groups attached to an aromatic ring is 3. The number of nitrogens with one attached hydrogen (secondary N) is 3. The Labute approximate surface area is 456 Å². The molecular formula is C37H53N16O25P4+. The van der Waals surface area contributed by atoms with E-state index in [-0.39, 0.29) is 64.4 Å². The second-order valence-electron chi connectivity index (χ2n) is 18.2. The maximum absolute atomic E-state index is 13.8. The molecule has 16 atom stereocenters. The molecule has 9 heterocycles. The van der Waals surface area contributed by atoms with Gasteiger partial charge in [0.1, 0.15) is 54.6 Å². The third kappa shape index (κ3) is 12.9. The normalized spacial score (nSPS) is 28.8. The zero-order valence-electron chi connectivity index (χ0n) is 42.5. The number of anilines is 3. The largest absolute Gasteiger partial charge is 0.490 e. The monoisotopic (exact) mass is 1250 g/mol. The number of fused-ring (bicyclic) bond motifs is 3. The molecule has 0 saturated carbocycles. The molecule has 16 N–H and O–H groups in total. The van der Waals surface area contributed by atoms with Crippen LogP contribution in [0.5, 0.6) is 0 Å². The Hall–Kier alpha value is -5.68. The number of amides is 1. The van der Waals surface area contributed by atoms with E-state index in [1.54, 1.807) is 0 Å². The summed E-state index contributed by atoms with van der Waals surface area (Å²) in [4.78, 5) is 110. The van der Waals surface area contributed by atoms with Gasteiger partial charge in [0.05, 0.1) is 52.2 Å². The molecule has 3 aliphatic rings. The molecule has 0 aliphatic carbocycles. The molecule has 450 valence electrons. The second kappa shape index (κ2) is 23.8. The third-order valence-electron chi connectivity index (χ3n) is 12.8. The molecule has 3 aliphatic heterocycles. The minimum Gasteiger partial charge on any atom is -0.387 e. The summed E-state index contributed by atoms with van der Waals surface area (Å²) in [5.74, 6) is -2.67. The minimum atomic E-state index is -6.26. The first kappa shape index (κ1) is 60.9. The Morgan fingerprint density at radius 2 is 1.27 bits per heavy atom. The van der Waals surface area contributed by atoms with E-state index >= 15 is 0 Å². The standard InChI is InChI=1S/C37H52N16O25P4/c1-50-13-53(30-21(50)32(59)49-37(40)47-30)33-22(55)14(6-18(54)41-4-5-68-2)15(73-33)7-71-80(62,63)77-82(66,67)78-81(64,65)72-9-17-25(26(69-3)35(75-17)51-11-44-19-27(38)42-10-43-28(19)51)76-79(60,61)70-8-16-23(56)24(57)34(74-16)52-12-45-20-29(52)46-36(39)48-31(20)58/h10-17,22-26,33-35,55-57H,4-9H2,1-3H3,(H12-,38,39,40,41,42,43,46,47,48,49,54,58,59,60,61,62,63,64,65,66,67)/p+1/t14-,15-,16-,17-,22-,23-,24-,25-,26-,33?,34-,35-/m1/s1. The number of carbonyl (C=O) groups excluding carboxylic acids is 1. The average molecular weight is 1250 g/mol. The topological polar surface area (TPSA) is 580 Å². The van der Waals surface area contributed by atoms with Crippen molar-refractivity contribution in [1.82, 2.24) is 58.9 Å². The number of ether oxygens (including phenoxy) is 5. The van der Waals surface area contributed by atoms with Gasteiger partial charge in [-0.15, -0.1) is 0 Å². The van der Waals surface area contributed by atoms with Gasteiger partial charge in [-0.3, -0.25) is 51.6 Å². The van der Waals surface area contributed by atoms with Crippen LogP contribution in [-0.4, -0.2) is 190 Å². The smallest absolute Gasteiger partial charge is 0.387 e. The molecule has 0 bridgehead atoms. The third-order valence-corrected chi connectivity index (χ3v) is 18.0. The van der Waals surface area contributed by atoms with Gasteiger partial charge in [-0.1, -0.05) is 0 Å². The number of rotatable bonds is 24. The number of hydrogen-bond donors (Lipinski definition) is 13. The molecule has 0 spiro atoms. The van der Waals surface area contributed by atoms with Crippen LogP contribution in [0.15, 0.2) is 34.9 Å². The summed E-state index contributed by atoms with van der Waals surface area (Å²) in [7, 11) is -19.7. The lowest BCUT2D eigenvalue weighted by molar-refractivity contribution is -0.646. The molecule has 45 heteroatoms. The number of H-pyrrole nitrogens is 2. The number of aliphatic hydroxyl groups excluding tert-OH is 3. The number of imidazole rings is 3. The van der Waals surface area contributed by atoms with Crippen LogP contribution >= 0.6 is 31.3 Å². The molecule has 9 rings (SSSR count). The van der Waals surface area contributed by atoms with Crippen molar-refractivity contribution in [1.29, 1.82) is 0 Å². The first-order valence-electron chi connectivity index (χ1n) is 23.7. The van der Waals surface area contributed by atoms with Crippen LogP contribution in [0, 0.1) is 5.92 Å². The van der Waals surface area contributed by atoms with Crippen molar-refractivity contribution in [2.45, 2.75) is 73.9 Å². The van der Waals surface area contributed by atoms with E-state index in [0.717, 1.165) is 30.7 Å². The highest BCUT2D eigenvalue weighted by atomic mass is 31.3. The summed E-state index contributed by atoms with van der Waals surface area (Å²) < 4.78 is 116. The lowest BCUT2D eigenvalue weighted by Crippen LogP contribution is -2.38. The zero-order chi connectivity index (χ0) is 59.4. The number of nitrogens with zero attached hydrogens (tertiary/aromatic N) is 10. The molecule has 0 aromatic carbocycles. The Kier molecular flexibility index (Phi) is 17.6. The minimum absolute atomic E-state index is 0.000922. The number of methoxy groups -OCH3 is 2. The Bertz CT molecular complexity index is 3680. The Morgan fingerprint density at radius 1 is 0.695 bits per heavy atom. The van der Waals surface area contributed by atoms with Crippen molar-refractivity contribution in [3.8, 4) is 0 Å². The Balaban J connectivity index is 0.877. The highest BCUT2D eigenvalue weighted by Gasteiger charge is 2.54.